The smallest absolute Gasteiger partial charge is 0.227 e. The standard InChI is InChI=1S/C14H14N2O2/c17-9-10-7-13(18)16(8-10)12-5-1-3-11-4-2-6-15-14(11)12/h1-6,10,17H,7-9H2. The maximum absolute atomic E-state index is 12.0. The molecule has 1 amide bonds. The zero-order chi connectivity index (χ0) is 12.5. The summed E-state index contributed by atoms with van der Waals surface area (Å²) < 4.78 is 0. The molecule has 1 unspecified atom stereocenters. The zero-order valence-corrected chi connectivity index (χ0v) is 9.91. The third kappa shape index (κ3) is 1.75. The van der Waals surface area contributed by atoms with E-state index >= 15 is 0 Å². The molecular weight excluding hydrogens is 228 g/mol. The molecule has 92 valence electrons. The number of hydrogen-bond acceptors (Lipinski definition) is 3. The Morgan fingerprint density at radius 1 is 1.33 bits per heavy atom. The van der Waals surface area contributed by atoms with Crippen LogP contribution in [0.1, 0.15) is 6.42 Å². The third-order valence-electron chi connectivity index (χ3n) is 3.37. The Morgan fingerprint density at radius 2 is 2.17 bits per heavy atom. The molecule has 4 heteroatoms. The summed E-state index contributed by atoms with van der Waals surface area (Å²) in [7, 11) is 0. The quantitative estimate of drug-likeness (QED) is 0.870. The van der Waals surface area contributed by atoms with Crippen molar-refractivity contribution in [1.29, 1.82) is 0 Å². The van der Waals surface area contributed by atoms with Crippen LogP contribution in [-0.2, 0) is 4.79 Å². The average Bonchev–Trinajstić information content (AvgIpc) is 2.79. The van der Waals surface area contributed by atoms with E-state index in [-0.39, 0.29) is 18.4 Å². The van der Waals surface area contributed by atoms with Gasteiger partial charge in [0.1, 0.15) is 0 Å². The third-order valence-corrected chi connectivity index (χ3v) is 3.37. The van der Waals surface area contributed by atoms with E-state index in [1.54, 1.807) is 11.1 Å². The van der Waals surface area contributed by atoms with Gasteiger partial charge in [0.15, 0.2) is 0 Å². The van der Waals surface area contributed by atoms with Crippen molar-refractivity contribution in [3.05, 3.63) is 36.5 Å². The van der Waals surface area contributed by atoms with Crippen molar-refractivity contribution >= 4 is 22.5 Å². The van der Waals surface area contributed by atoms with Gasteiger partial charge in [-0.05, 0) is 12.1 Å². The molecule has 1 aromatic heterocycles. The highest BCUT2D eigenvalue weighted by Crippen LogP contribution is 2.30. The van der Waals surface area contributed by atoms with E-state index in [2.05, 4.69) is 4.98 Å². The molecule has 3 rings (SSSR count). The number of carbonyl (C=O) groups excluding carboxylic acids is 1. The normalized spacial score (nSPS) is 19.7. The number of rotatable bonds is 2. The van der Waals surface area contributed by atoms with Crippen LogP contribution >= 0.6 is 0 Å². The van der Waals surface area contributed by atoms with Crippen molar-refractivity contribution in [3.8, 4) is 0 Å². The molecule has 1 atom stereocenters. The number of nitrogens with zero attached hydrogens (tertiary/aromatic N) is 2. The second-order valence-electron chi connectivity index (χ2n) is 4.61. The van der Waals surface area contributed by atoms with Crippen molar-refractivity contribution < 1.29 is 9.90 Å². The maximum Gasteiger partial charge on any atom is 0.227 e. The minimum absolute atomic E-state index is 0.0384. The van der Waals surface area contributed by atoms with Crippen molar-refractivity contribution in [2.24, 2.45) is 5.92 Å². The Hall–Kier alpha value is -1.94. The number of aliphatic hydroxyl groups excluding tert-OH is 1. The molecule has 1 saturated heterocycles. The number of fused-ring (bicyclic) bond motifs is 1. The molecular formula is C14H14N2O2. The highest BCUT2D eigenvalue weighted by atomic mass is 16.3. The van der Waals surface area contributed by atoms with Crippen LogP contribution in [0.2, 0.25) is 0 Å². The largest absolute Gasteiger partial charge is 0.396 e. The molecule has 1 N–H and O–H groups in total. The number of pyridine rings is 1. The van der Waals surface area contributed by atoms with E-state index in [1.165, 1.54) is 0 Å². The number of para-hydroxylation sites is 1. The van der Waals surface area contributed by atoms with Gasteiger partial charge in [0.25, 0.3) is 0 Å². The Kier molecular flexibility index (Phi) is 2.72. The fraction of sp³-hybridized carbons (Fsp3) is 0.286. The molecule has 2 heterocycles. The summed E-state index contributed by atoms with van der Waals surface area (Å²) in [4.78, 5) is 18.1. The highest BCUT2D eigenvalue weighted by Gasteiger charge is 2.31. The van der Waals surface area contributed by atoms with Crippen LogP contribution in [0.15, 0.2) is 36.5 Å². The van der Waals surface area contributed by atoms with Gasteiger partial charge in [-0.25, -0.2) is 0 Å². The van der Waals surface area contributed by atoms with Crippen molar-refractivity contribution in [3.63, 3.8) is 0 Å². The summed E-state index contributed by atoms with van der Waals surface area (Å²) in [5.41, 5.74) is 1.68. The Balaban J connectivity index is 2.07. The van der Waals surface area contributed by atoms with Gasteiger partial charge >= 0.3 is 0 Å². The second kappa shape index (κ2) is 4.38. The molecule has 0 radical (unpaired) electrons. The fourth-order valence-electron chi connectivity index (χ4n) is 2.44. The summed E-state index contributed by atoms with van der Waals surface area (Å²) >= 11 is 0. The van der Waals surface area contributed by atoms with Crippen molar-refractivity contribution in [2.75, 3.05) is 18.1 Å². The van der Waals surface area contributed by atoms with E-state index < -0.39 is 0 Å². The fourth-order valence-corrected chi connectivity index (χ4v) is 2.44. The molecule has 0 bridgehead atoms. The van der Waals surface area contributed by atoms with E-state index in [1.807, 2.05) is 30.3 Å². The van der Waals surface area contributed by atoms with Gasteiger partial charge < -0.3 is 10.0 Å². The van der Waals surface area contributed by atoms with Crippen LogP contribution in [-0.4, -0.2) is 29.1 Å². The van der Waals surface area contributed by atoms with Gasteiger partial charge in [0, 0.05) is 37.1 Å². The summed E-state index contributed by atoms with van der Waals surface area (Å²) in [5, 5.41) is 10.2. The van der Waals surface area contributed by atoms with Crippen molar-refractivity contribution in [2.45, 2.75) is 6.42 Å². The van der Waals surface area contributed by atoms with Crippen LogP contribution in [0.5, 0.6) is 0 Å². The van der Waals surface area contributed by atoms with Gasteiger partial charge in [-0.1, -0.05) is 18.2 Å². The van der Waals surface area contributed by atoms with E-state index in [0.717, 1.165) is 16.6 Å². The first-order valence-corrected chi connectivity index (χ1v) is 6.04. The van der Waals surface area contributed by atoms with Crippen LogP contribution in [0, 0.1) is 5.92 Å². The molecule has 4 nitrogen and oxygen atoms in total. The average molecular weight is 242 g/mol. The molecule has 0 aliphatic carbocycles. The number of aliphatic hydroxyl groups is 1. The minimum Gasteiger partial charge on any atom is -0.396 e. The zero-order valence-electron chi connectivity index (χ0n) is 9.91. The topological polar surface area (TPSA) is 53.4 Å². The Bertz CT molecular complexity index is 592. The van der Waals surface area contributed by atoms with Crippen LogP contribution in [0.4, 0.5) is 5.69 Å². The highest BCUT2D eigenvalue weighted by molar-refractivity contribution is 6.03. The number of amides is 1. The van der Waals surface area contributed by atoms with E-state index in [9.17, 15) is 4.79 Å². The predicted molar refractivity (Wildman–Crippen MR) is 69.3 cm³/mol. The van der Waals surface area contributed by atoms with E-state index in [4.69, 9.17) is 5.11 Å². The van der Waals surface area contributed by atoms with Gasteiger partial charge in [-0.2, -0.15) is 0 Å². The van der Waals surface area contributed by atoms with Crippen LogP contribution in [0.3, 0.4) is 0 Å². The Labute approximate surface area is 105 Å². The summed E-state index contributed by atoms with van der Waals surface area (Å²) in [6.45, 7) is 0.630. The molecule has 0 saturated carbocycles. The number of benzene rings is 1. The molecule has 1 aliphatic rings. The van der Waals surface area contributed by atoms with Gasteiger partial charge in [-0.15, -0.1) is 0 Å². The molecule has 0 spiro atoms. The first kappa shape index (κ1) is 11.2. The molecule has 2 aromatic rings. The molecule has 1 aromatic carbocycles. The lowest BCUT2D eigenvalue weighted by Gasteiger charge is -2.17. The number of carbonyl (C=O) groups is 1. The molecule has 18 heavy (non-hydrogen) atoms. The number of anilines is 1. The summed E-state index contributed by atoms with van der Waals surface area (Å²) in [6, 6.07) is 9.69. The first-order valence-electron chi connectivity index (χ1n) is 6.04. The lowest BCUT2D eigenvalue weighted by molar-refractivity contribution is -0.117. The number of aromatic nitrogens is 1. The predicted octanol–water partition coefficient (Wildman–Crippen LogP) is 1.58. The summed E-state index contributed by atoms with van der Waals surface area (Å²) in [5.74, 6) is 0.101. The maximum atomic E-state index is 12.0. The minimum atomic E-state index is 0.0384. The van der Waals surface area contributed by atoms with Crippen molar-refractivity contribution in [1.82, 2.24) is 4.98 Å². The number of hydrogen-bond donors (Lipinski definition) is 1. The van der Waals surface area contributed by atoms with Gasteiger partial charge in [0.05, 0.1) is 11.2 Å². The van der Waals surface area contributed by atoms with E-state index in [0.29, 0.717) is 13.0 Å². The molecule has 1 aliphatic heterocycles. The lowest BCUT2D eigenvalue weighted by Crippen LogP contribution is -2.25. The molecule has 1 fully saturated rings. The SMILES string of the molecule is O=C1CC(CO)CN1c1cccc2cccnc12. The first-order chi connectivity index (χ1) is 8.79. The summed E-state index contributed by atoms with van der Waals surface area (Å²) in [6.07, 6.45) is 2.15. The van der Waals surface area contributed by atoms with Crippen LogP contribution in [0.25, 0.3) is 10.9 Å². The van der Waals surface area contributed by atoms with Crippen LogP contribution < -0.4 is 4.90 Å². The van der Waals surface area contributed by atoms with Gasteiger partial charge in [-0.3, -0.25) is 9.78 Å². The lowest BCUT2D eigenvalue weighted by atomic mass is 10.1. The van der Waals surface area contributed by atoms with Gasteiger partial charge in [0.2, 0.25) is 5.91 Å². The second-order valence-corrected chi connectivity index (χ2v) is 4.61. The monoisotopic (exact) mass is 242 g/mol. The Morgan fingerprint density at radius 3 is 2.94 bits per heavy atom.